The van der Waals surface area contributed by atoms with Gasteiger partial charge in [-0.05, 0) is 43.5 Å². The number of hydrogen-bond donors (Lipinski definition) is 2. The van der Waals surface area contributed by atoms with Gasteiger partial charge in [0.25, 0.3) is 0 Å². The van der Waals surface area contributed by atoms with E-state index >= 15 is 0 Å². The number of sulfone groups is 1. The van der Waals surface area contributed by atoms with Crippen LogP contribution in [-0.2, 0) is 16.3 Å². The molecule has 3 atom stereocenters. The number of anilines is 1. The van der Waals surface area contributed by atoms with Crippen LogP contribution in [-0.4, -0.2) is 75.0 Å². The zero-order valence-corrected chi connectivity index (χ0v) is 22.7. The van der Waals surface area contributed by atoms with Gasteiger partial charge in [0.2, 0.25) is 0 Å². The summed E-state index contributed by atoms with van der Waals surface area (Å²) < 4.78 is 71.1. The topological polar surface area (TPSA) is 88.0 Å². The first-order valence-electron chi connectivity index (χ1n) is 12.5. The second-order valence-electron chi connectivity index (χ2n) is 10.2. The molecular formula is C27H30F3N5O3S. The van der Waals surface area contributed by atoms with E-state index in [4.69, 9.17) is 4.74 Å². The molecule has 2 saturated heterocycles. The molecule has 0 aliphatic carbocycles. The van der Waals surface area contributed by atoms with Crippen LogP contribution in [0.2, 0.25) is 0 Å². The first-order chi connectivity index (χ1) is 18.4. The number of imidazole rings is 1. The van der Waals surface area contributed by atoms with Crippen LogP contribution in [0.15, 0.2) is 41.4 Å². The lowest BCUT2D eigenvalue weighted by Gasteiger charge is -2.17. The van der Waals surface area contributed by atoms with Crippen LogP contribution < -0.4 is 15.4 Å². The van der Waals surface area contributed by atoms with Gasteiger partial charge < -0.3 is 24.7 Å². The largest absolute Gasteiger partial charge is 0.495 e. The number of fused-ring (bicyclic) bond motifs is 2. The summed E-state index contributed by atoms with van der Waals surface area (Å²) in [5.74, 6) is 6.50. The van der Waals surface area contributed by atoms with E-state index in [2.05, 4.69) is 39.4 Å². The number of methoxy groups -OCH3 is 1. The maximum atomic E-state index is 13.6. The molecule has 0 bridgehead atoms. The number of alkyl halides is 3. The van der Waals surface area contributed by atoms with Crippen LogP contribution >= 0.6 is 0 Å². The summed E-state index contributed by atoms with van der Waals surface area (Å²) in [4.78, 5) is 6.98. The molecule has 0 unspecified atom stereocenters. The van der Waals surface area contributed by atoms with Gasteiger partial charge in [0.05, 0.1) is 36.4 Å². The highest BCUT2D eigenvalue weighted by Crippen LogP contribution is 2.37. The van der Waals surface area contributed by atoms with Gasteiger partial charge >= 0.3 is 6.18 Å². The molecule has 0 spiro atoms. The summed E-state index contributed by atoms with van der Waals surface area (Å²) in [7, 11) is 0.101. The molecule has 5 rings (SSSR count). The minimum absolute atomic E-state index is 0.000129. The lowest BCUT2D eigenvalue weighted by atomic mass is 9.99. The van der Waals surface area contributed by atoms with E-state index in [1.807, 2.05) is 6.07 Å². The Bertz CT molecular complexity index is 1540. The third-order valence-corrected chi connectivity index (χ3v) is 8.39. The van der Waals surface area contributed by atoms with Gasteiger partial charge in [0.1, 0.15) is 17.1 Å². The molecule has 2 aliphatic rings. The SMILES string of the molecule is COc1cc(S(C)(=O)=O)ccc1NCC#Cc1nc2c([C@@H]3C[C@H]4CN(C)C[C@H]4N3)cccn2c1CC(F)(F)F. The minimum Gasteiger partial charge on any atom is -0.495 e. The standard InChI is InChI=1S/C27H30F3N5O3S/c1-34-15-17-12-22(32-23(17)16-34)19-6-5-11-35-24(14-27(28,29)30)20(33-26(19)35)7-4-10-31-21-9-8-18(39(3,36)37)13-25(21)38-2/h5-6,8-9,11,13,17,22-23,31-32H,10,12,14-16H2,1-3H3/t17-,22-,23+/m0/s1. The van der Waals surface area contributed by atoms with E-state index < -0.39 is 22.4 Å². The van der Waals surface area contributed by atoms with E-state index in [0.29, 0.717) is 29.0 Å². The molecule has 2 fully saturated rings. The van der Waals surface area contributed by atoms with Crippen molar-refractivity contribution in [2.75, 3.05) is 45.4 Å². The number of aromatic nitrogens is 2. The summed E-state index contributed by atoms with van der Waals surface area (Å²) in [6.07, 6.45) is -1.96. The number of rotatable bonds is 6. The average Bonchev–Trinajstić information content (AvgIpc) is 3.51. The first-order valence-corrected chi connectivity index (χ1v) is 14.4. The quantitative estimate of drug-likeness (QED) is 0.447. The van der Waals surface area contributed by atoms with Gasteiger partial charge in [-0.1, -0.05) is 12.0 Å². The summed E-state index contributed by atoms with van der Waals surface area (Å²) in [5, 5.41) is 6.68. The molecule has 208 valence electrons. The fourth-order valence-corrected chi connectivity index (χ4v) is 6.18. The number of ether oxygens (including phenoxy) is 1. The normalized spacial score (nSPS) is 21.5. The second-order valence-corrected chi connectivity index (χ2v) is 12.2. The monoisotopic (exact) mass is 561 g/mol. The number of likely N-dealkylation sites (tertiary alicyclic amines) is 1. The molecule has 0 amide bonds. The second kappa shape index (κ2) is 10.4. The number of halogens is 3. The Hall–Kier alpha value is -3.27. The molecule has 3 aromatic rings. The van der Waals surface area contributed by atoms with Gasteiger partial charge in [-0.3, -0.25) is 0 Å². The molecule has 2 aromatic heterocycles. The highest BCUT2D eigenvalue weighted by atomic mass is 32.2. The molecule has 8 nitrogen and oxygen atoms in total. The number of nitrogens with one attached hydrogen (secondary N) is 2. The van der Waals surface area contributed by atoms with Crippen molar-refractivity contribution in [3.8, 4) is 17.6 Å². The first kappa shape index (κ1) is 27.3. The van der Waals surface area contributed by atoms with Crippen molar-refractivity contribution in [1.29, 1.82) is 0 Å². The van der Waals surface area contributed by atoms with Crippen molar-refractivity contribution >= 4 is 21.2 Å². The Kier molecular flexibility index (Phi) is 7.26. The molecule has 12 heteroatoms. The molecule has 2 N–H and O–H groups in total. The Morgan fingerprint density at radius 1 is 1.26 bits per heavy atom. The third kappa shape index (κ3) is 5.85. The molecular weight excluding hydrogens is 531 g/mol. The summed E-state index contributed by atoms with van der Waals surface area (Å²) in [5.41, 5.74) is 1.95. The fraction of sp³-hybridized carbons (Fsp3) is 0.444. The molecule has 0 radical (unpaired) electrons. The van der Waals surface area contributed by atoms with E-state index in [9.17, 15) is 21.6 Å². The number of benzene rings is 1. The Balaban J connectivity index is 1.42. The number of pyridine rings is 1. The summed E-state index contributed by atoms with van der Waals surface area (Å²) >= 11 is 0. The van der Waals surface area contributed by atoms with Crippen LogP contribution in [0.4, 0.5) is 18.9 Å². The lowest BCUT2D eigenvalue weighted by molar-refractivity contribution is -0.128. The lowest BCUT2D eigenvalue weighted by Crippen LogP contribution is -2.30. The van der Waals surface area contributed by atoms with Crippen molar-refractivity contribution in [1.82, 2.24) is 19.6 Å². The fourth-order valence-electron chi connectivity index (χ4n) is 5.54. The van der Waals surface area contributed by atoms with E-state index in [1.54, 1.807) is 18.3 Å². The van der Waals surface area contributed by atoms with Crippen molar-refractivity contribution in [3.63, 3.8) is 0 Å². The molecule has 2 aliphatic heterocycles. The van der Waals surface area contributed by atoms with Crippen molar-refractivity contribution in [2.24, 2.45) is 5.92 Å². The number of nitrogens with zero attached hydrogens (tertiary/aromatic N) is 3. The van der Waals surface area contributed by atoms with Gasteiger partial charge in [0.15, 0.2) is 9.84 Å². The van der Waals surface area contributed by atoms with Crippen molar-refractivity contribution < 1.29 is 26.3 Å². The minimum atomic E-state index is -4.43. The van der Waals surface area contributed by atoms with Gasteiger partial charge in [-0.25, -0.2) is 13.4 Å². The van der Waals surface area contributed by atoms with Crippen LogP contribution in [0, 0.1) is 17.8 Å². The van der Waals surface area contributed by atoms with Gasteiger partial charge in [-0.2, -0.15) is 13.2 Å². The summed E-state index contributed by atoms with van der Waals surface area (Å²) in [6.45, 7) is 2.03. The summed E-state index contributed by atoms with van der Waals surface area (Å²) in [6, 6.07) is 8.47. The van der Waals surface area contributed by atoms with Crippen molar-refractivity contribution in [3.05, 3.63) is 53.5 Å². The third-order valence-electron chi connectivity index (χ3n) is 7.27. The van der Waals surface area contributed by atoms with Crippen LogP contribution in [0.3, 0.4) is 0 Å². The van der Waals surface area contributed by atoms with Crippen molar-refractivity contribution in [2.45, 2.75) is 36.0 Å². The highest BCUT2D eigenvalue weighted by Gasteiger charge is 2.40. The maximum absolute atomic E-state index is 13.6. The number of likely N-dealkylation sites (N-methyl/N-ethyl adjacent to an activating group) is 1. The van der Waals surface area contributed by atoms with E-state index in [0.717, 1.165) is 31.3 Å². The smallest absolute Gasteiger partial charge is 0.394 e. The van der Waals surface area contributed by atoms with Crippen LogP contribution in [0.1, 0.15) is 29.4 Å². The predicted molar refractivity (Wildman–Crippen MR) is 142 cm³/mol. The zero-order valence-electron chi connectivity index (χ0n) is 21.8. The van der Waals surface area contributed by atoms with Gasteiger partial charge in [-0.15, -0.1) is 0 Å². The predicted octanol–water partition coefficient (Wildman–Crippen LogP) is 3.28. The highest BCUT2D eigenvalue weighted by molar-refractivity contribution is 7.90. The average molecular weight is 562 g/mol. The maximum Gasteiger partial charge on any atom is 0.394 e. The molecule has 1 aromatic carbocycles. The van der Waals surface area contributed by atoms with E-state index in [-0.39, 0.29) is 28.9 Å². The van der Waals surface area contributed by atoms with E-state index in [1.165, 1.54) is 23.6 Å². The molecule has 0 saturated carbocycles. The van der Waals surface area contributed by atoms with Crippen LogP contribution in [0.25, 0.3) is 5.65 Å². The Morgan fingerprint density at radius 3 is 2.74 bits per heavy atom. The number of hydrogen-bond acceptors (Lipinski definition) is 7. The molecule has 4 heterocycles. The zero-order chi connectivity index (χ0) is 27.9. The Labute approximate surface area is 225 Å². The van der Waals surface area contributed by atoms with Gasteiger partial charge in [0, 0.05) is 49.3 Å². The van der Waals surface area contributed by atoms with Crippen LogP contribution in [0.5, 0.6) is 5.75 Å². The molecule has 39 heavy (non-hydrogen) atoms. The Morgan fingerprint density at radius 2 is 2.05 bits per heavy atom.